The molecule has 0 bridgehead atoms. The maximum atomic E-state index is 12.3. The van der Waals surface area contributed by atoms with Gasteiger partial charge in [0.05, 0.1) is 12.0 Å². The van der Waals surface area contributed by atoms with Crippen molar-refractivity contribution in [3.05, 3.63) is 51.2 Å². The van der Waals surface area contributed by atoms with Gasteiger partial charge in [-0.15, -0.1) is 11.3 Å². The first-order chi connectivity index (χ1) is 8.13. The molecule has 0 radical (unpaired) electrons. The van der Waals surface area contributed by atoms with Crippen molar-refractivity contribution < 1.29 is 9.53 Å². The molecule has 0 saturated heterocycles. The van der Waals surface area contributed by atoms with E-state index in [0.717, 1.165) is 27.3 Å². The van der Waals surface area contributed by atoms with Crippen molar-refractivity contribution in [3.8, 4) is 5.75 Å². The summed E-state index contributed by atoms with van der Waals surface area (Å²) in [6.45, 7) is 3.89. The molecule has 2 rings (SSSR count). The van der Waals surface area contributed by atoms with Gasteiger partial charge in [0, 0.05) is 5.56 Å². The number of thiophene rings is 1. The lowest BCUT2D eigenvalue weighted by atomic mass is 10.0. The van der Waals surface area contributed by atoms with E-state index in [1.54, 1.807) is 7.11 Å². The van der Waals surface area contributed by atoms with Crippen LogP contribution in [-0.4, -0.2) is 12.9 Å². The predicted octanol–water partition coefficient (Wildman–Crippen LogP) is 3.60. The lowest BCUT2D eigenvalue weighted by Crippen LogP contribution is -2.03. The van der Waals surface area contributed by atoms with Gasteiger partial charge >= 0.3 is 0 Å². The zero-order chi connectivity index (χ0) is 12.4. The molecule has 0 aliphatic carbocycles. The molecule has 0 aliphatic rings. The second-order valence-electron chi connectivity index (χ2n) is 3.94. The molecular formula is C14H14O2S. The highest BCUT2D eigenvalue weighted by molar-refractivity contribution is 7.12. The zero-order valence-corrected chi connectivity index (χ0v) is 10.9. The number of benzene rings is 1. The summed E-state index contributed by atoms with van der Waals surface area (Å²) in [6.07, 6.45) is 0. The Morgan fingerprint density at radius 2 is 1.94 bits per heavy atom. The molecule has 0 spiro atoms. The maximum absolute atomic E-state index is 12.3. The molecule has 2 aromatic rings. The third-order valence-corrected chi connectivity index (χ3v) is 3.76. The third-order valence-electron chi connectivity index (χ3n) is 2.75. The van der Waals surface area contributed by atoms with Gasteiger partial charge in [0.15, 0.2) is 0 Å². The standard InChI is InChI=1S/C14H14O2S/c1-9-6-7-17-14(9)13(15)12-5-4-11(16-3)8-10(12)2/h4-8H,1-3H3. The summed E-state index contributed by atoms with van der Waals surface area (Å²) < 4.78 is 5.14. The second kappa shape index (κ2) is 4.72. The molecule has 0 aliphatic heterocycles. The molecule has 3 heteroatoms. The highest BCUT2D eigenvalue weighted by Gasteiger charge is 2.15. The summed E-state index contributed by atoms with van der Waals surface area (Å²) in [5, 5.41) is 1.95. The van der Waals surface area contributed by atoms with Gasteiger partial charge in [-0.2, -0.15) is 0 Å². The molecule has 1 aromatic carbocycles. The highest BCUT2D eigenvalue weighted by atomic mass is 32.1. The van der Waals surface area contributed by atoms with Crippen LogP contribution in [0.15, 0.2) is 29.6 Å². The largest absolute Gasteiger partial charge is 0.497 e. The monoisotopic (exact) mass is 246 g/mol. The average molecular weight is 246 g/mol. The van der Waals surface area contributed by atoms with E-state index in [1.807, 2.05) is 43.5 Å². The van der Waals surface area contributed by atoms with Gasteiger partial charge in [-0.05, 0) is 54.6 Å². The number of hydrogen-bond acceptors (Lipinski definition) is 3. The van der Waals surface area contributed by atoms with Crippen LogP contribution in [0.3, 0.4) is 0 Å². The molecule has 88 valence electrons. The van der Waals surface area contributed by atoms with Crippen LogP contribution in [0.25, 0.3) is 0 Å². The van der Waals surface area contributed by atoms with Crippen LogP contribution in [0.4, 0.5) is 0 Å². The molecule has 17 heavy (non-hydrogen) atoms. The molecule has 0 unspecified atom stereocenters. The highest BCUT2D eigenvalue weighted by Crippen LogP contribution is 2.24. The maximum Gasteiger partial charge on any atom is 0.203 e. The van der Waals surface area contributed by atoms with E-state index in [0.29, 0.717) is 0 Å². The summed E-state index contributed by atoms with van der Waals surface area (Å²) in [5.74, 6) is 0.875. The van der Waals surface area contributed by atoms with Crippen LogP contribution in [-0.2, 0) is 0 Å². The molecule has 2 nitrogen and oxygen atoms in total. The first-order valence-electron chi connectivity index (χ1n) is 5.37. The first-order valence-corrected chi connectivity index (χ1v) is 6.25. The summed E-state index contributed by atoms with van der Waals surface area (Å²) in [7, 11) is 1.62. The van der Waals surface area contributed by atoms with Gasteiger partial charge in [0.25, 0.3) is 0 Å². The Hall–Kier alpha value is -1.61. The van der Waals surface area contributed by atoms with Crippen molar-refractivity contribution in [1.82, 2.24) is 0 Å². The fraction of sp³-hybridized carbons (Fsp3) is 0.214. The Balaban J connectivity index is 2.41. The molecule has 1 aromatic heterocycles. The van der Waals surface area contributed by atoms with E-state index >= 15 is 0 Å². The van der Waals surface area contributed by atoms with E-state index in [-0.39, 0.29) is 5.78 Å². The van der Waals surface area contributed by atoms with Gasteiger partial charge < -0.3 is 4.74 Å². The van der Waals surface area contributed by atoms with E-state index < -0.39 is 0 Å². The van der Waals surface area contributed by atoms with Crippen LogP contribution < -0.4 is 4.74 Å². The lowest BCUT2D eigenvalue weighted by Gasteiger charge is -2.06. The smallest absolute Gasteiger partial charge is 0.203 e. The van der Waals surface area contributed by atoms with Crippen molar-refractivity contribution in [2.75, 3.05) is 7.11 Å². The first kappa shape index (κ1) is 11.9. The van der Waals surface area contributed by atoms with Crippen LogP contribution in [0.2, 0.25) is 0 Å². The number of rotatable bonds is 3. The third kappa shape index (κ3) is 2.24. The fourth-order valence-corrected chi connectivity index (χ4v) is 2.62. The minimum atomic E-state index is 0.0950. The summed E-state index contributed by atoms with van der Waals surface area (Å²) in [6, 6.07) is 7.51. The number of carbonyl (C=O) groups excluding carboxylic acids is 1. The van der Waals surface area contributed by atoms with E-state index in [9.17, 15) is 4.79 Å². The Morgan fingerprint density at radius 1 is 1.18 bits per heavy atom. The Labute approximate surface area is 105 Å². The van der Waals surface area contributed by atoms with E-state index in [2.05, 4.69) is 0 Å². The van der Waals surface area contributed by atoms with Crippen molar-refractivity contribution in [2.24, 2.45) is 0 Å². The minimum absolute atomic E-state index is 0.0950. The van der Waals surface area contributed by atoms with Crippen molar-refractivity contribution in [3.63, 3.8) is 0 Å². The number of hydrogen-bond donors (Lipinski definition) is 0. The molecule has 0 atom stereocenters. The van der Waals surface area contributed by atoms with E-state index in [1.165, 1.54) is 11.3 Å². The van der Waals surface area contributed by atoms with Crippen LogP contribution in [0.5, 0.6) is 5.75 Å². The van der Waals surface area contributed by atoms with Crippen molar-refractivity contribution in [2.45, 2.75) is 13.8 Å². The molecule has 1 heterocycles. The van der Waals surface area contributed by atoms with Crippen LogP contribution in [0.1, 0.15) is 26.4 Å². The van der Waals surface area contributed by atoms with Gasteiger partial charge in [-0.25, -0.2) is 0 Å². The van der Waals surface area contributed by atoms with E-state index in [4.69, 9.17) is 4.74 Å². The Bertz CT molecular complexity index is 555. The topological polar surface area (TPSA) is 26.3 Å². The van der Waals surface area contributed by atoms with Crippen LogP contribution >= 0.6 is 11.3 Å². The number of ether oxygens (including phenoxy) is 1. The molecule has 0 fully saturated rings. The average Bonchev–Trinajstić information content (AvgIpc) is 2.74. The summed E-state index contributed by atoms with van der Waals surface area (Å²) >= 11 is 1.49. The second-order valence-corrected chi connectivity index (χ2v) is 4.86. The van der Waals surface area contributed by atoms with Gasteiger partial charge in [-0.1, -0.05) is 0 Å². The number of aryl methyl sites for hydroxylation is 2. The molecule has 0 saturated carbocycles. The van der Waals surface area contributed by atoms with Gasteiger partial charge in [-0.3, -0.25) is 4.79 Å². The molecule has 0 amide bonds. The molecule has 0 N–H and O–H groups in total. The fourth-order valence-electron chi connectivity index (χ4n) is 1.75. The summed E-state index contributed by atoms with van der Waals surface area (Å²) in [4.78, 5) is 13.1. The van der Waals surface area contributed by atoms with Crippen molar-refractivity contribution in [1.29, 1.82) is 0 Å². The Morgan fingerprint density at radius 3 is 2.47 bits per heavy atom. The Kier molecular flexibility index (Phi) is 3.29. The zero-order valence-electron chi connectivity index (χ0n) is 10.1. The molecular weight excluding hydrogens is 232 g/mol. The number of methoxy groups -OCH3 is 1. The van der Waals surface area contributed by atoms with Gasteiger partial charge in [0.2, 0.25) is 5.78 Å². The normalized spacial score (nSPS) is 10.3. The quantitative estimate of drug-likeness (QED) is 0.773. The number of ketones is 1. The number of carbonyl (C=O) groups is 1. The lowest BCUT2D eigenvalue weighted by molar-refractivity contribution is 0.104. The van der Waals surface area contributed by atoms with Gasteiger partial charge in [0.1, 0.15) is 5.75 Å². The SMILES string of the molecule is COc1ccc(C(=O)c2sccc2C)c(C)c1. The summed E-state index contributed by atoms with van der Waals surface area (Å²) in [5.41, 5.74) is 2.73. The minimum Gasteiger partial charge on any atom is -0.497 e. The van der Waals surface area contributed by atoms with Crippen LogP contribution in [0, 0.1) is 13.8 Å². The predicted molar refractivity (Wildman–Crippen MR) is 70.2 cm³/mol. The van der Waals surface area contributed by atoms with Crippen molar-refractivity contribution >= 4 is 17.1 Å².